The van der Waals surface area contributed by atoms with Crippen LogP contribution in [0.1, 0.15) is 18.4 Å². The Labute approximate surface area is 115 Å². The van der Waals surface area contributed by atoms with Gasteiger partial charge in [0.25, 0.3) is 0 Å². The minimum atomic E-state index is -0.185. The van der Waals surface area contributed by atoms with Gasteiger partial charge in [0.1, 0.15) is 5.82 Å². The number of halogens is 1. The van der Waals surface area contributed by atoms with E-state index in [0.29, 0.717) is 5.56 Å². The standard InChI is InChI=1S/C15H24FN3/c1-18(2)11-12-6-8-19(9-7-12)15-5-3-4-14(16)13(15)10-17/h3-5,12H,6-11,17H2,1-2H3. The first-order valence-corrected chi connectivity index (χ1v) is 6.99. The van der Waals surface area contributed by atoms with Crippen LogP contribution >= 0.6 is 0 Å². The van der Waals surface area contributed by atoms with E-state index >= 15 is 0 Å². The summed E-state index contributed by atoms with van der Waals surface area (Å²) in [5, 5.41) is 0. The maximum Gasteiger partial charge on any atom is 0.129 e. The predicted octanol–water partition coefficient (Wildman–Crippen LogP) is 2.06. The van der Waals surface area contributed by atoms with Crippen LogP contribution in [0.5, 0.6) is 0 Å². The third-order valence-corrected chi connectivity index (χ3v) is 3.88. The van der Waals surface area contributed by atoms with E-state index in [-0.39, 0.29) is 12.4 Å². The summed E-state index contributed by atoms with van der Waals surface area (Å²) in [6.45, 7) is 3.39. The first kappa shape index (κ1) is 14.3. The van der Waals surface area contributed by atoms with Gasteiger partial charge >= 0.3 is 0 Å². The molecule has 19 heavy (non-hydrogen) atoms. The Hall–Kier alpha value is -1.13. The lowest BCUT2D eigenvalue weighted by Crippen LogP contribution is -2.37. The molecule has 0 aromatic heterocycles. The minimum Gasteiger partial charge on any atom is -0.371 e. The highest BCUT2D eigenvalue weighted by Gasteiger charge is 2.22. The smallest absolute Gasteiger partial charge is 0.129 e. The van der Waals surface area contributed by atoms with Gasteiger partial charge in [-0.25, -0.2) is 4.39 Å². The van der Waals surface area contributed by atoms with E-state index in [1.54, 1.807) is 6.07 Å². The first-order chi connectivity index (χ1) is 9.11. The highest BCUT2D eigenvalue weighted by atomic mass is 19.1. The number of hydrogen-bond donors (Lipinski definition) is 1. The number of hydrogen-bond acceptors (Lipinski definition) is 3. The number of piperidine rings is 1. The number of nitrogens with two attached hydrogens (primary N) is 1. The van der Waals surface area contributed by atoms with Gasteiger partial charge in [-0.3, -0.25) is 0 Å². The molecule has 1 aromatic carbocycles. The molecule has 0 spiro atoms. The van der Waals surface area contributed by atoms with Crippen LogP contribution in [0.15, 0.2) is 18.2 Å². The molecule has 2 N–H and O–H groups in total. The van der Waals surface area contributed by atoms with Gasteiger partial charge in [-0.15, -0.1) is 0 Å². The molecule has 0 unspecified atom stereocenters. The van der Waals surface area contributed by atoms with Gasteiger partial charge in [0.15, 0.2) is 0 Å². The van der Waals surface area contributed by atoms with Crippen molar-refractivity contribution < 1.29 is 4.39 Å². The van der Waals surface area contributed by atoms with Crippen LogP contribution in [0.4, 0.5) is 10.1 Å². The summed E-state index contributed by atoms with van der Waals surface area (Å²) in [7, 11) is 4.23. The lowest BCUT2D eigenvalue weighted by Gasteiger charge is -2.35. The van der Waals surface area contributed by atoms with Gasteiger partial charge in [0.05, 0.1) is 0 Å². The molecule has 2 rings (SSSR count). The molecule has 0 atom stereocenters. The van der Waals surface area contributed by atoms with Gasteiger partial charge in [-0.05, 0) is 45.0 Å². The maximum atomic E-state index is 13.7. The van der Waals surface area contributed by atoms with Crippen LogP contribution in [0.3, 0.4) is 0 Å². The van der Waals surface area contributed by atoms with E-state index in [1.807, 2.05) is 6.07 Å². The Bertz CT molecular complexity index is 412. The molecule has 4 heteroatoms. The fourth-order valence-corrected chi connectivity index (χ4v) is 2.92. The number of rotatable bonds is 4. The fraction of sp³-hybridized carbons (Fsp3) is 0.600. The molecule has 106 valence electrons. The molecule has 3 nitrogen and oxygen atoms in total. The summed E-state index contributed by atoms with van der Waals surface area (Å²) in [6.07, 6.45) is 2.33. The van der Waals surface area contributed by atoms with E-state index < -0.39 is 0 Å². The van der Waals surface area contributed by atoms with Crippen molar-refractivity contribution in [2.45, 2.75) is 19.4 Å². The second kappa shape index (κ2) is 6.35. The van der Waals surface area contributed by atoms with Crippen LogP contribution in [0.25, 0.3) is 0 Å². The Balaban J connectivity index is 2.03. The van der Waals surface area contributed by atoms with Crippen molar-refractivity contribution in [2.24, 2.45) is 11.7 Å². The van der Waals surface area contributed by atoms with Gasteiger partial charge < -0.3 is 15.5 Å². The van der Waals surface area contributed by atoms with E-state index in [2.05, 4.69) is 23.9 Å². The second-order valence-corrected chi connectivity index (χ2v) is 5.63. The lowest BCUT2D eigenvalue weighted by molar-refractivity contribution is 0.285. The zero-order chi connectivity index (χ0) is 13.8. The Morgan fingerprint density at radius 3 is 2.58 bits per heavy atom. The van der Waals surface area contributed by atoms with E-state index in [1.165, 1.54) is 18.9 Å². The summed E-state index contributed by atoms with van der Waals surface area (Å²) < 4.78 is 13.7. The molecule has 1 aromatic rings. The predicted molar refractivity (Wildman–Crippen MR) is 77.8 cm³/mol. The average molecular weight is 265 g/mol. The zero-order valence-electron chi connectivity index (χ0n) is 11.9. The largest absolute Gasteiger partial charge is 0.371 e. The SMILES string of the molecule is CN(C)CC1CCN(c2cccc(F)c2CN)CC1. The van der Waals surface area contributed by atoms with Crippen molar-refractivity contribution in [3.8, 4) is 0 Å². The quantitative estimate of drug-likeness (QED) is 0.904. The third kappa shape index (κ3) is 3.45. The Morgan fingerprint density at radius 2 is 2.00 bits per heavy atom. The van der Waals surface area contributed by atoms with Crippen molar-refractivity contribution in [3.05, 3.63) is 29.6 Å². The second-order valence-electron chi connectivity index (χ2n) is 5.63. The van der Waals surface area contributed by atoms with Gasteiger partial charge in [-0.1, -0.05) is 6.07 Å². The van der Waals surface area contributed by atoms with Crippen molar-refractivity contribution in [3.63, 3.8) is 0 Å². The number of benzene rings is 1. The van der Waals surface area contributed by atoms with Gasteiger partial charge in [-0.2, -0.15) is 0 Å². The molecule has 1 fully saturated rings. The summed E-state index contributed by atoms with van der Waals surface area (Å²) in [4.78, 5) is 4.52. The maximum absolute atomic E-state index is 13.7. The summed E-state index contributed by atoms with van der Waals surface area (Å²) in [6, 6.07) is 5.25. The van der Waals surface area contributed by atoms with Crippen LogP contribution in [0, 0.1) is 11.7 Å². The molecule has 1 aliphatic heterocycles. The topological polar surface area (TPSA) is 32.5 Å². The highest BCUT2D eigenvalue weighted by molar-refractivity contribution is 5.54. The Morgan fingerprint density at radius 1 is 1.32 bits per heavy atom. The highest BCUT2D eigenvalue weighted by Crippen LogP contribution is 2.27. The molecule has 0 bridgehead atoms. The van der Waals surface area contributed by atoms with Crippen LogP contribution < -0.4 is 10.6 Å². The van der Waals surface area contributed by atoms with E-state index in [9.17, 15) is 4.39 Å². The number of anilines is 1. The summed E-state index contributed by atoms with van der Waals surface area (Å²) in [5.41, 5.74) is 7.30. The summed E-state index contributed by atoms with van der Waals surface area (Å²) >= 11 is 0. The molecule has 0 radical (unpaired) electrons. The molecule has 0 amide bonds. The van der Waals surface area contributed by atoms with Crippen molar-refractivity contribution in [2.75, 3.05) is 38.6 Å². The number of nitrogens with zero attached hydrogens (tertiary/aromatic N) is 2. The van der Waals surface area contributed by atoms with Crippen LogP contribution in [-0.2, 0) is 6.54 Å². The monoisotopic (exact) mass is 265 g/mol. The van der Waals surface area contributed by atoms with Crippen LogP contribution in [0.2, 0.25) is 0 Å². The molecule has 1 aliphatic rings. The average Bonchev–Trinajstić information content (AvgIpc) is 2.38. The molecule has 1 saturated heterocycles. The molecular weight excluding hydrogens is 241 g/mol. The van der Waals surface area contributed by atoms with Crippen molar-refractivity contribution in [1.29, 1.82) is 0 Å². The lowest BCUT2D eigenvalue weighted by atomic mass is 9.95. The normalized spacial score (nSPS) is 17.2. The Kier molecular flexibility index (Phi) is 4.77. The fourth-order valence-electron chi connectivity index (χ4n) is 2.92. The van der Waals surface area contributed by atoms with E-state index in [0.717, 1.165) is 31.2 Å². The van der Waals surface area contributed by atoms with Crippen molar-refractivity contribution >= 4 is 5.69 Å². The van der Waals surface area contributed by atoms with Gasteiger partial charge in [0.2, 0.25) is 0 Å². The summed E-state index contributed by atoms with van der Waals surface area (Å²) in [5.74, 6) is 0.566. The third-order valence-electron chi connectivity index (χ3n) is 3.88. The first-order valence-electron chi connectivity index (χ1n) is 6.99. The van der Waals surface area contributed by atoms with Crippen LogP contribution in [-0.4, -0.2) is 38.6 Å². The van der Waals surface area contributed by atoms with Gasteiger partial charge in [0, 0.05) is 37.4 Å². The van der Waals surface area contributed by atoms with Crippen molar-refractivity contribution in [1.82, 2.24) is 4.90 Å². The molecular formula is C15H24FN3. The van der Waals surface area contributed by atoms with E-state index in [4.69, 9.17) is 5.73 Å². The molecule has 0 aliphatic carbocycles. The molecule has 1 heterocycles. The molecule has 0 saturated carbocycles. The zero-order valence-corrected chi connectivity index (χ0v) is 11.9. The minimum absolute atomic E-state index is 0.185.